The molecule has 1 unspecified atom stereocenters. The predicted octanol–water partition coefficient (Wildman–Crippen LogP) is 1.60. The molecule has 1 atom stereocenters. The minimum absolute atomic E-state index is 0.0617. The molecule has 0 fully saturated rings. The van der Waals surface area contributed by atoms with E-state index in [-0.39, 0.29) is 12.5 Å². The normalized spacial score (nSPS) is 11.8. The topological polar surface area (TPSA) is 93.5 Å². The summed E-state index contributed by atoms with van der Waals surface area (Å²) in [4.78, 5) is 23.2. The van der Waals surface area contributed by atoms with Gasteiger partial charge in [-0.3, -0.25) is 9.59 Å². The molecule has 0 heterocycles. The van der Waals surface area contributed by atoms with Crippen LogP contribution in [-0.2, 0) is 14.3 Å². The van der Waals surface area contributed by atoms with Crippen LogP contribution in [0.4, 0.5) is 11.4 Å². The molecular formula is C13H18ClN3O3. The molecule has 0 aliphatic carbocycles. The van der Waals surface area contributed by atoms with Crippen LogP contribution in [0.5, 0.6) is 0 Å². The molecule has 2 amide bonds. The number of benzene rings is 1. The zero-order valence-corrected chi connectivity index (χ0v) is 12.2. The molecule has 0 saturated heterocycles. The van der Waals surface area contributed by atoms with Crippen LogP contribution in [0, 0.1) is 0 Å². The first-order valence-corrected chi connectivity index (χ1v) is 6.52. The SMILES string of the molecule is CCC(=O)Nc1ccc(Cl)c(NC(=O)C(CN)OC)c1. The molecule has 7 heteroatoms. The molecule has 0 spiro atoms. The third-order valence-electron chi connectivity index (χ3n) is 2.62. The van der Waals surface area contributed by atoms with Gasteiger partial charge in [0.2, 0.25) is 5.91 Å². The lowest BCUT2D eigenvalue weighted by atomic mass is 10.2. The Hall–Kier alpha value is -1.63. The van der Waals surface area contributed by atoms with E-state index in [1.807, 2.05) is 0 Å². The van der Waals surface area contributed by atoms with Gasteiger partial charge in [-0.25, -0.2) is 0 Å². The number of methoxy groups -OCH3 is 1. The van der Waals surface area contributed by atoms with Gasteiger partial charge in [-0.2, -0.15) is 0 Å². The van der Waals surface area contributed by atoms with Gasteiger partial charge in [-0.15, -0.1) is 0 Å². The second-order valence-electron chi connectivity index (χ2n) is 4.05. The van der Waals surface area contributed by atoms with Crippen molar-refractivity contribution in [3.8, 4) is 0 Å². The van der Waals surface area contributed by atoms with Crippen molar-refractivity contribution in [1.82, 2.24) is 0 Å². The van der Waals surface area contributed by atoms with Crippen molar-refractivity contribution in [3.05, 3.63) is 23.2 Å². The van der Waals surface area contributed by atoms with Crippen molar-refractivity contribution in [2.45, 2.75) is 19.4 Å². The van der Waals surface area contributed by atoms with Crippen molar-refractivity contribution < 1.29 is 14.3 Å². The average molecular weight is 300 g/mol. The molecular weight excluding hydrogens is 282 g/mol. The van der Waals surface area contributed by atoms with E-state index in [1.165, 1.54) is 7.11 Å². The number of nitrogens with one attached hydrogen (secondary N) is 2. The molecule has 20 heavy (non-hydrogen) atoms. The monoisotopic (exact) mass is 299 g/mol. The lowest BCUT2D eigenvalue weighted by molar-refractivity contribution is -0.125. The van der Waals surface area contributed by atoms with Crippen LogP contribution in [0.25, 0.3) is 0 Å². The van der Waals surface area contributed by atoms with E-state index in [0.29, 0.717) is 22.8 Å². The Morgan fingerprint density at radius 3 is 2.65 bits per heavy atom. The number of hydrogen-bond donors (Lipinski definition) is 3. The van der Waals surface area contributed by atoms with Gasteiger partial charge in [-0.1, -0.05) is 18.5 Å². The average Bonchev–Trinajstić information content (AvgIpc) is 2.43. The Morgan fingerprint density at radius 2 is 2.10 bits per heavy atom. The first-order chi connectivity index (χ1) is 9.51. The first-order valence-electron chi connectivity index (χ1n) is 6.15. The highest BCUT2D eigenvalue weighted by Crippen LogP contribution is 2.25. The van der Waals surface area contributed by atoms with Gasteiger partial charge in [0.1, 0.15) is 6.10 Å². The second kappa shape index (κ2) is 7.84. The summed E-state index contributed by atoms with van der Waals surface area (Å²) in [5.41, 5.74) is 6.36. The highest BCUT2D eigenvalue weighted by Gasteiger charge is 2.17. The van der Waals surface area contributed by atoms with Crippen molar-refractivity contribution in [2.75, 3.05) is 24.3 Å². The van der Waals surface area contributed by atoms with E-state index in [4.69, 9.17) is 22.1 Å². The molecule has 0 bridgehead atoms. The van der Waals surface area contributed by atoms with Gasteiger partial charge in [0, 0.05) is 25.8 Å². The lowest BCUT2D eigenvalue weighted by Gasteiger charge is -2.15. The number of carbonyl (C=O) groups excluding carboxylic acids is 2. The molecule has 0 aliphatic heterocycles. The maximum Gasteiger partial charge on any atom is 0.254 e. The number of halogens is 1. The Labute approximate surface area is 122 Å². The number of nitrogens with two attached hydrogens (primary N) is 1. The molecule has 0 radical (unpaired) electrons. The fraction of sp³-hybridized carbons (Fsp3) is 0.385. The van der Waals surface area contributed by atoms with Gasteiger partial charge >= 0.3 is 0 Å². The molecule has 0 saturated carbocycles. The summed E-state index contributed by atoms with van der Waals surface area (Å²) >= 11 is 6.00. The Bertz CT molecular complexity index is 490. The summed E-state index contributed by atoms with van der Waals surface area (Å²) in [5.74, 6) is -0.516. The molecule has 110 valence electrons. The van der Waals surface area contributed by atoms with Gasteiger partial charge in [0.15, 0.2) is 0 Å². The van der Waals surface area contributed by atoms with Crippen molar-refractivity contribution >= 4 is 34.8 Å². The summed E-state index contributed by atoms with van der Waals surface area (Å²) in [6.07, 6.45) is -0.386. The molecule has 1 aromatic carbocycles. The largest absolute Gasteiger partial charge is 0.370 e. The Morgan fingerprint density at radius 1 is 1.40 bits per heavy atom. The van der Waals surface area contributed by atoms with Crippen LogP contribution in [0.1, 0.15) is 13.3 Å². The predicted molar refractivity (Wildman–Crippen MR) is 78.9 cm³/mol. The third-order valence-corrected chi connectivity index (χ3v) is 2.95. The van der Waals surface area contributed by atoms with Crippen molar-refractivity contribution in [3.63, 3.8) is 0 Å². The van der Waals surface area contributed by atoms with E-state index >= 15 is 0 Å². The highest BCUT2D eigenvalue weighted by atomic mass is 35.5. The van der Waals surface area contributed by atoms with Crippen molar-refractivity contribution in [2.24, 2.45) is 5.73 Å². The maximum absolute atomic E-state index is 11.9. The second-order valence-corrected chi connectivity index (χ2v) is 4.45. The van der Waals surface area contributed by atoms with Crippen LogP contribution in [0.15, 0.2) is 18.2 Å². The van der Waals surface area contributed by atoms with Gasteiger partial charge in [-0.05, 0) is 18.2 Å². The summed E-state index contributed by atoms with van der Waals surface area (Å²) in [6, 6.07) is 4.83. The Kier molecular flexibility index (Phi) is 6.44. The summed E-state index contributed by atoms with van der Waals surface area (Å²) in [6.45, 7) is 1.81. The smallest absolute Gasteiger partial charge is 0.254 e. The van der Waals surface area contributed by atoms with Crippen LogP contribution in [0.2, 0.25) is 5.02 Å². The van der Waals surface area contributed by atoms with E-state index < -0.39 is 12.0 Å². The molecule has 1 aromatic rings. The molecule has 0 aliphatic rings. The minimum Gasteiger partial charge on any atom is -0.370 e. The molecule has 4 N–H and O–H groups in total. The third kappa shape index (κ3) is 4.48. The number of rotatable bonds is 6. The highest BCUT2D eigenvalue weighted by molar-refractivity contribution is 6.34. The Balaban J connectivity index is 2.86. The summed E-state index contributed by atoms with van der Waals surface area (Å²) in [7, 11) is 1.40. The standard InChI is InChI=1S/C13H18ClN3O3/c1-3-12(18)16-8-4-5-9(14)10(6-8)17-13(19)11(7-15)20-2/h4-6,11H,3,7,15H2,1-2H3,(H,16,18)(H,17,19). The van der Waals surface area contributed by atoms with Crippen molar-refractivity contribution in [1.29, 1.82) is 0 Å². The number of amides is 2. The van der Waals surface area contributed by atoms with Crippen LogP contribution in [0.3, 0.4) is 0 Å². The van der Waals surface area contributed by atoms with Gasteiger partial charge < -0.3 is 21.1 Å². The molecule has 1 rings (SSSR count). The summed E-state index contributed by atoms with van der Waals surface area (Å²) < 4.78 is 4.94. The lowest BCUT2D eigenvalue weighted by Crippen LogP contribution is -2.36. The van der Waals surface area contributed by atoms with Crippen LogP contribution in [-0.4, -0.2) is 31.6 Å². The fourth-order valence-electron chi connectivity index (χ4n) is 1.47. The van der Waals surface area contributed by atoms with E-state index in [2.05, 4.69) is 10.6 Å². The van der Waals surface area contributed by atoms with E-state index in [0.717, 1.165) is 0 Å². The van der Waals surface area contributed by atoms with Gasteiger partial charge in [0.05, 0.1) is 10.7 Å². The van der Waals surface area contributed by atoms with E-state index in [1.54, 1.807) is 25.1 Å². The number of anilines is 2. The zero-order chi connectivity index (χ0) is 15.1. The molecule has 6 nitrogen and oxygen atoms in total. The van der Waals surface area contributed by atoms with Gasteiger partial charge in [0.25, 0.3) is 5.91 Å². The number of carbonyl (C=O) groups is 2. The van der Waals surface area contributed by atoms with E-state index in [9.17, 15) is 9.59 Å². The molecule has 0 aromatic heterocycles. The zero-order valence-electron chi connectivity index (χ0n) is 11.4. The van der Waals surface area contributed by atoms with Crippen LogP contribution < -0.4 is 16.4 Å². The fourth-order valence-corrected chi connectivity index (χ4v) is 1.64. The number of ether oxygens (including phenoxy) is 1. The minimum atomic E-state index is -0.750. The quantitative estimate of drug-likeness (QED) is 0.744. The first kappa shape index (κ1) is 16.4. The number of hydrogen-bond acceptors (Lipinski definition) is 4. The van der Waals surface area contributed by atoms with Crippen LogP contribution >= 0.6 is 11.6 Å². The maximum atomic E-state index is 11.9. The summed E-state index contributed by atoms with van der Waals surface area (Å²) in [5, 5.41) is 5.66.